The number of amides is 1. The number of ketones is 1. The first-order valence-corrected chi connectivity index (χ1v) is 9.03. The Morgan fingerprint density at radius 2 is 2.00 bits per heavy atom. The minimum atomic E-state index is -0.379. The predicted octanol–water partition coefficient (Wildman–Crippen LogP) is 4.48. The quantitative estimate of drug-likeness (QED) is 0.519. The Labute approximate surface area is 147 Å². The van der Waals surface area contributed by atoms with Crippen molar-refractivity contribution in [2.75, 3.05) is 5.32 Å². The van der Waals surface area contributed by atoms with Crippen molar-refractivity contribution in [2.45, 2.75) is 17.6 Å². The van der Waals surface area contributed by atoms with Crippen molar-refractivity contribution >= 4 is 39.9 Å². The van der Waals surface area contributed by atoms with E-state index in [2.05, 4.69) is 10.3 Å². The number of Topliss-reactive ketones (excluding diaryl/α,β-unsaturated/α-hetero) is 1. The predicted molar refractivity (Wildman–Crippen MR) is 94.8 cm³/mol. The van der Waals surface area contributed by atoms with Gasteiger partial charge in [0.2, 0.25) is 0 Å². The van der Waals surface area contributed by atoms with Gasteiger partial charge in [0.15, 0.2) is 16.7 Å². The number of thioether (sulfide) groups is 1. The fourth-order valence-electron chi connectivity index (χ4n) is 1.90. The Balaban J connectivity index is 1.59. The molecule has 1 N–H and O–H groups in total. The van der Waals surface area contributed by atoms with Crippen LogP contribution in [0.2, 0.25) is 0 Å². The maximum absolute atomic E-state index is 12.2. The van der Waals surface area contributed by atoms with Crippen molar-refractivity contribution < 1.29 is 14.0 Å². The van der Waals surface area contributed by atoms with Crippen molar-refractivity contribution in [1.82, 2.24) is 4.98 Å². The van der Waals surface area contributed by atoms with Gasteiger partial charge in [-0.1, -0.05) is 18.2 Å². The van der Waals surface area contributed by atoms with Gasteiger partial charge in [-0.15, -0.1) is 23.1 Å². The SMILES string of the molecule is CC(=O)c1csc(NC(=O)c2ccc(CSc3ccccc3)o2)n1. The van der Waals surface area contributed by atoms with E-state index in [1.54, 1.807) is 29.3 Å². The van der Waals surface area contributed by atoms with Gasteiger partial charge in [-0.25, -0.2) is 4.98 Å². The molecule has 0 aliphatic rings. The van der Waals surface area contributed by atoms with Gasteiger partial charge in [0, 0.05) is 17.2 Å². The molecule has 0 atom stereocenters. The van der Waals surface area contributed by atoms with Gasteiger partial charge in [0.25, 0.3) is 5.91 Å². The van der Waals surface area contributed by atoms with Gasteiger partial charge in [-0.2, -0.15) is 0 Å². The van der Waals surface area contributed by atoms with Crippen molar-refractivity contribution in [3.63, 3.8) is 0 Å². The fourth-order valence-corrected chi connectivity index (χ4v) is 3.46. The number of benzene rings is 1. The molecular formula is C17H14N2O3S2. The minimum absolute atomic E-state index is 0.134. The standard InChI is InChI=1S/C17H14N2O3S2/c1-11(20)14-10-24-17(18-14)19-16(21)15-8-7-12(22-15)9-23-13-5-3-2-4-6-13/h2-8,10H,9H2,1H3,(H,18,19,21). The van der Waals surface area contributed by atoms with Gasteiger partial charge in [-0.05, 0) is 24.3 Å². The van der Waals surface area contributed by atoms with E-state index >= 15 is 0 Å². The number of thiazole rings is 1. The van der Waals surface area contributed by atoms with Crippen LogP contribution in [0.1, 0.15) is 33.7 Å². The molecule has 0 aliphatic carbocycles. The lowest BCUT2D eigenvalue weighted by Crippen LogP contribution is -2.10. The van der Waals surface area contributed by atoms with Gasteiger partial charge in [0.1, 0.15) is 11.5 Å². The lowest BCUT2D eigenvalue weighted by molar-refractivity contribution is 0.0989. The van der Waals surface area contributed by atoms with E-state index in [-0.39, 0.29) is 17.5 Å². The monoisotopic (exact) mass is 358 g/mol. The summed E-state index contributed by atoms with van der Waals surface area (Å²) in [6.45, 7) is 1.43. The zero-order chi connectivity index (χ0) is 16.9. The third kappa shape index (κ3) is 4.12. The smallest absolute Gasteiger partial charge is 0.293 e. The number of hydrogen-bond acceptors (Lipinski definition) is 6. The van der Waals surface area contributed by atoms with Crippen LogP contribution in [0.3, 0.4) is 0 Å². The molecular weight excluding hydrogens is 344 g/mol. The minimum Gasteiger partial charge on any atom is -0.455 e. The second-order valence-corrected chi connectivity index (χ2v) is 6.82. The van der Waals surface area contributed by atoms with Crippen LogP contribution in [0.4, 0.5) is 5.13 Å². The number of anilines is 1. The summed E-state index contributed by atoms with van der Waals surface area (Å²) in [6, 6.07) is 13.4. The average molecular weight is 358 g/mol. The van der Waals surface area contributed by atoms with Crippen molar-refractivity contribution in [3.05, 3.63) is 65.1 Å². The highest BCUT2D eigenvalue weighted by Crippen LogP contribution is 2.24. The molecule has 1 aromatic carbocycles. The summed E-state index contributed by atoms with van der Waals surface area (Å²) in [5.41, 5.74) is 0.342. The summed E-state index contributed by atoms with van der Waals surface area (Å²) in [4.78, 5) is 28.6. The Bertz CT molecular complexity index is 856. The molecule has 1 amide bonds. The Morgan fingerprint density at radius 3 is 2.71 bits per heavy atom. The summed E-state index contributed by atoms with van der Waals surface area (Å²) >= 11 is 2.84. The summed E-state index contributed by atoms with van der Waals surface area (Å²) in [7, 11) is 0. The molecule has 0 spiro atoms. The topological polar surface area (TPSA) is 72.2 Å². The zero-order valence-electron chi connectivity index (χ0n) is 12.8. The van der Waals surface area contributed by atoms with Crippen LogP contribution in [-0.2, 0) is 5.75 Å². The number of hydrogen-bond donors (Lipinski definition) is 1. The highest BCUT2D eigenvalue weighted by molar-refractivity contribution is 7.98. The van der Waals surface area contributed by atoms with E-state index in [1.165, 1.54) is 18.3 Å². The Morgan fingerprint density at radius 1 is 1.21 bits per heavy atom. The number of carbonyl (C=O) groups excluding carboxylic acids is 2. The molecule has 0 unspecified atom stereocenters. The molecule has 0 aliphatic heterocycles. The van der Waals surface area contributed by atoms with Crippen LogP contribution >= 0.6 is 23.1 Å². The third-order valence-electron chi connectivity index (χ3n) is 3.10. The molecule has 2 aromatic heterocycles. The van der Waals surface area contributed by atoms with E-state index in [0.717, 1.165) is 10.7 Å². The van der Waals surface area contributed by atoms with Crippen LogP contribution < -0.4 is 5.32 Å². The second-order valence-electron chi connectivity index (χ2n) is 4.92. The van der Waals surface area contributed by atoms with Crippen LogP contribution in [0.15, 0.2) is 57.2 Å². The number of carbonyl (C=O) groups is 2. The molecule has 0 bridgehead atoms. The molecule has 2 heterocycles. The molecule has 0 fully saturated rings. The lowest BCUT2D eigenvalue weighted by atomic mass is 10.4. The van der Waals surface area contributed by atoms with E-state index in [1.807, 2.05) is 30.3 Å². The van der Waals surface area contributed by atoms with E-state index in [0.29, 0.717) is 16.6 Å². The molecule has 3 aromatic rings. The lowest BCUT2D eigenvalue weighted by Gasteiger charge is -1.99. The summed E-state index contributed by atoms with van der Waals surface area (Å²) < 4.78 is 5.57. The first-order valence-electron chi connectivity index (χ1n) is 7.16. The van der Waals surface area contributed by atoms with Crippen molar-refractivity contribution in [1.29, 1.82) is 0 Å². The number of rotatable bonds is 6. The zero-order valence-corrected chi connectivity index (χ0v) is 14.4. The number of furan rings is 1. The molecule has 3 rings (SSSR count). The van der Waals surface area contributed by atoms with Gasteiger partial charge in [-0.3, -0.25) is 14.9 Å². The second kappa shape index (κ2) is 7.46. The van der Waals surface area contributed by atoms with Gasteiger partial charge < -0.3 is 4.42 Å². The van der Waals surface area contributed by atoms with Gasteiger partial charge in [0.05, 0.1) is 5.75 Å². The summed E-state index contributed by atoms with van der Waals surface area (Å²) in [5, 5.41) is 4.63. The molecule has 24 heavy (non-hydrogen) atoms. The van der Waals surface area contributed by atoms with Crippen molar-refractivity contribution in [3.8, 4) is 0 Å². The van der Waals surface area contributed by atoms with Crippen LogP contribution in [0.25, 0.3) is 0 Å². The first-order chi connectivity index (χ1) is 11.6. The highest BCUT2D eigenvalue weighted by Gasteiger charge is 2.14. The average Bonchev–Trinajstić information content (AvgIpc) is 3.23. The molecule has 5 nitrogen and oxygen atoms in total. The highest BCUT2D eigenvalue weighted by atomic mass is 32.2. The Hall–Kier alpha value is -2.38. The maximum Gasteiger partial charge on any atom is 0.293 e. The number of nitrogens with one attached hydrogen (secondary N) is 1. The van der Waals surface area contributed by atoms with Crippen LogP contribution in [-0.4, -0.2) is 16.7 Å². The third-order valence-corrected chi connectivity index (χ3v) is 4.89. The normalized spacial score (nSPS) is 10.5. The number of aromatic nitrogens is 1. The fraction of sp³-hybridized carbons (Fsp3) is 0.118. The van der Waals surface area contributed by atoms with Crippen LogP contribution in [0, 0.1) is 0 Å². The van der Waals surface area contributed by atoms with Gasteiger partial charge >= 0.3 is 0 Å². The first kappa shape index (κ1) is 16.5. The van der Waals surface area contributed by atoms with Crippen LogP contribution in [0.5, 0.6) is 0 Å². The molecule has 7 heteroatoms. The van der Waals surface area contributed by atoms with E-state index in [4.69, 9.17) is 4.42 Å². The van der Waals surface area contributed by atoms with E-state index < -0.39 is 0 Å². The van der Waals surface area contributed by atoms with E-state index in [9.17, 15) is 9.59 Å². The Kier molecular flexibility index (Phi) is 5.12. The molecule has 122 valence electrons. The molecule has 0 radical (unpaired) electrons. The maximum atomic E-state index is 12.2. The molecule has 0 saturated heterocycles. The largest absolute Gasteiger partial charge is 0.455 e. The number of nitrogens with zero attached hydrogens (tertiary/aromatic N) is 1. The molecule has 0 saturated carbocycles. The summed E-state index contributed by atoms with van der Waals surface area (Å²) in [5.74, 6) is 1.07. The summed E-state index contributed by atoms with van der Waals surface area (Å²) in [6.07, 6.45) is 0. The van der Waals surface area contributed by atoms with Crippen molar-refractivity contribution in [2.24, 2.45) is 0 Å².